The van der Waals surface area contributed by atoms with Crippen LogP contribution >= 0.6 is 0 Å². The predicted octanol–water partition coefficient (Wildman–Crippen LogP) is 1.78. The molecule has 1 aliphatic rings. The molecular formula is C17H21F2N5O4S. The molecule has 3 N–H and O–H groups in total. The highest BCUT2D eigenvalue weighted by Gasteiger charge is 2.39. The predicted molar refractivity (Wildman–Crippen MR) is 99.1 cm³/mol. The van der Waals surface area contributed by atoms with E-state index in [1.54, 1.807) is 6.92 Å². The lowest BCUT2D eigenvalue weighted by molar-refractivity contribution is -0.144. The minimum atomic E-state index is -4.07. The lowest BCUT2D eigenvalue weighted by Crippen LogP contribution is -2.45. The van der Waals surface area contributed by atoms with E-state index in [0.29, 0.717) is 20.0 Å². The Morgan fingerprint density at radius 3 is 2.66 bits per heavy atom. The molecule has 0 aliphatic carbocycles. The molecule has 12 heteroatoms. The Hall–Kier alpha value is -2.44. The maximum absolute atomic E-state index is 14.0. The molecule has 1 atom stereocenters. The van der Waals surface area contributed by atoms with Gasteiger partial charge in [-0.1, -0.05) is 0 Å². The number of hydrogen-bond donors (Lipinski definition) is 2. The molecule has 1 unspecified atom stereocenters. The minimum absolute atomic E-state index is 0.0265. The second-order valence-corrected chi connectivity index (χ2v) is 8.81. The van der Waals surface area contributed by atoms with Crippen LogP contribution in [0, 0.1) is 6.92 Å². The molecule has 29 heavy (non-hydrogen) atoms. The Kier molecular flexibility index (Phi) is 5.22. The number of carbonyl (C=O) groups excluding carboxylic acids is 1. The van der Waals surface area contributed by atoms with E-state index in [1.807, 2.05) is 0 Å². The Balaban J connectivity index is 1.98. The molecular weight excluding hydrogens is 408 g/mol. The molecule has 3 rings (SSSR count). The van der Waals surface area contributed by atoms with Crippen molar-refractivity contribution in [2.45, 2.75) is 50.3 Å². The van der Waals surface area contributed by atoms with E-state index >= 15 is 0 Å². The van der Waals surface area contributed by atoms with Gasteiger partial charge in [-0.3, -0.25) is 9.48 Å². The molecule has 0 radical (unpaired) electrons. The average molecular weight is 429 g/mol. The number of amides is 1. The van der Waals surface area contributed by atoms with Crippen LogP contribution in [0.25, 0.3) is 0 Å². The van der Waals surface area contributed by atoms with Gasteiger partial charge in [0, 0.05) is 36.9 Å². The van der Waals surface area contributed by atoms with Crippen molar-refractivity contribution >= 4 is 21.6 Å². The highest BCUT2D eigenvalue weighted by molar-refractivity contribution is 7.89. The Bertz CT molecular complexity index is 1060. The number of primary sulfonamides is 1. The summed E-state index contributed by atoms with van der Waals surface area (Å²) in [6, 6.07) is 2.43. The molecule has 9 nitrogen and oxygen atoms in total. The van der Waals surface area contributed by atoms with Gasteiger partial charge in [-0.05, 0) is 19.9 Å². The average Bonchev–Trinajstić information content (AvgIpc) is 2.89. The molecule has 0 saturated carbocycles. The number of alkyl halides is 2. The van der Waals surface area contributed by atoms with E-state index in [0.717, 1.165) is 12.3 Å². The topological polar surface area (TPSA) is 129 Å². The summed E-state index contributed by atoms with van der Waals surface area (Å²) in [7, 11) is -4.07. The SMILES string of the molecule is Cc1c(C(C)(F)F)nn(CC2(C)CCO2)c1C(=O)Nc1ccnc(S(N)(=O)=O)c1. The monoisotopic (exact) mass is 429 g/mol. The van der Waals surface area contributed by atoms with Gasteiger partial charge >= 0.3 is 0 Å². The van der Waals surface area contributed by atoms with Crippen molar-refractivity contribution in [3.05, 3.63) is 35.3 Å². The summed E-state index contributed by atoms with van der Waals surface area (Å²) in [6.45, 7) is 4.56. The van der Waals surface area contributed by atoms with Crippen LogP contribution in [0.4, 0.5) is 14.5 Å². The number of carbonyl (C=O) groups is 1. The maximum Gasteiger partial charge on any atom is 0.289 e. The minimum Gasteiger partial charge on any atom is -0.373 e. The molecule has 2 aromatic heterocycles. The highest BCUT2D eigenvalue weighted by atomic mass is 32.2. The van der Waals surface area contributed by atoms with E-state index in [-0.39, 0.29) is 23.5 Å². The number of nitrogens with two attached hydrogens (primary N) is 1. The number of nitrogens with zero attached hydrogens (tertiary/aromatic N) is 3. The Morgan fingerprint density at radius 2 is 2.14 bits per heavy atom. The summed E-state index contributed by atoms with van der Waals surface area (Å²) in [5.41, 5.74) is -1.06. The van der Waals surface area contributed by atoms with Gasteiger partial charge in [0.25, 0.3) is 21.9 Å². The number of nitrogens with one attached hydrogen (secondary N) is 1. The van der Waals surface area contributed by atoms with Gasteiger partial charge < -0.3 is 10.1 Å². The summed E-state index contributed by atoms with van der Waals surface area (Å²) < 4.78 is 57.6. The van der Waals surface area contributed by atoms with Gasteiger partial charge in [0.1, 0.15) is 11.4 Å². The van der Waals surface area contributed by atoms with Crippen LogP contribution in [0.2, 0.25) is 0 Å². The van der Waals surface area contributed by atoms with E-state index in [1.165, 1.54) is 17.7 Å². The first-order chi connectivity index (χ1) is 13.3. The van der Waals surface area contributed by atoms with Crippen molar-refractivity contribution in [3.63, 3.8) is 0 Å². The number of aromatic nitrogens is 3. The molecule has 1 amide bonds. The maximum atomic E-state index is 14.0. The fourth-order valence-electron chi connectivity index (χ4n) is 3.10. The Labute approximate surface area is 166 Å². The third kappa shape index (κ3) is 4.43. The first-order valence-corrected chi connectivity index (χ1v) is 10.2. The van der Waals surface area contributed by atoms with Gasteiger partial charge in [-0.25, -0.2) is 18.5 Å². The summed E-state index contributed by atoms with van der Waals surface area (Å²) in [4.78, 5) is 16.5. The molecule has 1 saturated heterocycles. The van der Waals surface area contributed by atoms with Crippen molar-refractivity contribution in [3.8, 4) is 0 Å². The van der Waals surface area contributed by atoms with Gasteiger partial charge in [0.15, 0.2) is 5.03 Å². The van der Waals surface area contributed by atoms with Gasteiger partial charge in [-0.15, -0.1) is 0 Å². The first-order valence-electron chi connectivity index (χ1n) is 8.70. The second kappa shape index (κ2) is 7.11. The number of hydrogen-bond acceptors (Lipinski definition) is 6. The summed E-state index contributed by atoms with van der Waals surface area (Å²) >= 11 is 0. The molecule has 1 aliphatic heterocycles. The summed E-state index contributed by atoms with van der Waals surface area (Å²) in [5.74, 6) is -3.97. The molecule has 0 spiro atoms. The zero-order valence-corrected chi connectivity index (χ0v) is 16.9. The zero-order valence-electron chi connectivity index (χ0n) is 16.1. The first kappa shape index (κ1) is 21.3. The third-order valence-electron chi connectivity index (χ3n) is 4.67. The van der Waals surface area contributed by atoms with Crippen LogP contribution in [0.3, 0.4) is 0 Å². The second-order valence-electron chi connectivity index (χ2n) is 7.30. The largest absolute Gasteiger partial charge is 0.373 e. The summed E-state index contributed by atoms with van der Waals surface area (Å²) in [6.07, 6.45) is 1.86. The number of anilines is 1. The number of pyridine rings is 1. The van der Waals surface area contributed by atoms with Gasteiger partial charge in [-0.2, -0.15) is 13.9 Å². The van der Waals surface area contributed by atoms with Crippen LogP contribution in [-0.2, 0) is 27.2 Å². The van der Waals surface area contributed by atoms with Crippen molar-refractivity contribution in [1.29, 1.82) is 0 Å². The fourth-order valence-corrected chi connectivity index (χ4v) is 3.59. The van der Waals surface area contributed by atoms with Crippen LogP contribution in [-0.4, -0.2) is 41.3 Å². The van der Waals surface area contributed by atoms with Crippen molar-refractivity contribution in [2.24, 2.45) is 5.14 Å². The standard InChI is InChI=1S/C17H21F2N5O4S/c1-10-13(15(25)22-11-4-6-21-12(8-11)29(20,26)27)24(9-16(2)5-7-28-16)23-14(10)17(3,18)19/h4,6,8H,5,7,9H2,1-3H3,(H2,20,26,27)(H,21,22,25). The van der Waals surface area contributed by atoms with Gasteiger partial charge in [0.05, 0.1) is 18.8 Å². The van der Waals surface area contributed by atoms with Crippen LogP contribution in [0.5, 0.6) is 0 Å². The van der Waals surface area contributed by atoms with Crippen molar-refractivity contribution in [1.82, 2.24) is 14.8 Å². The van der Waals surface area contributed by atoms with Crippen molar-refractivity contribution in [2.75, 3.05) is 11.9 Å². The van der Waals surface area contributed by atoms with E-state index in [2.05, 4.69) is 15.4 Å². The van der Waals surface area contributed by atoms with E-state index < -0.39 is 38.2 Å². The Morgan fingerprint density at radius 1 is 1.48 bits per heavy atom. The van der Waals surface area contributed by atoms with E-state index in [4.69, 9.17) is 9.88 Å². The van der Waals surface area contributed by atoms with Crippen LogP contribution in [0.15, 0.2) is 23.4 Å². The lowest BCUT2D eigenvalue weighted by Gasteiger charge is -2.38. The molecule has 158 valence electrons. The van der Waals surface area contributed by atoms with Crippen LogP contribution < -0.4 is 10.5 Å². The van der Waals surface area contributed by atoms with Gasteiger partial charge in [0.2, 0.25) is 0 Å². The number of rotatable bonds is 6. The normalized spacial score (nSPS) is 19.7. The molecule has 0 aromatic carbocycles. The third-order valence-corrected chi connectivity index (χ3v) is 5.48. The lowest BCUT2D eigenvalue weighted by atomic mass is 9.97. The van der Waals surface area contributed by atoms with E-state index in [9.17, 15) is 22.0 Å². The zero-order chi connectivity index (χ0) is 21.6. The van der Waals surface area contributed by atoms with Crippen LogP contribution in [0.1, 0.15) is 42.0 Å². The fraction of sp³-hybridized carbons (Fsp3) is 0.471. The quantitative estimate of drug-likeness (QED) is 0.720. The molecule has 0 bridgehead atoms. The molecule has 1 fully saturated rings. The van der Waals surface area contributed by atoms with Crippen molar-refractivity contribution < 1.29 is 26.7 Å². The number of halogens is 2. The smallest absolute Gasteiger partial charge is 0.289 e. The summed E-state index contributed by atoms with van der Waals surface area (Å²) in [5, 5.41) is 11.1. The highest BCUT2D eigenvalue weighted by Crippen LogP contribution is 2.33. The molecule has 2 aromatic rings. The number of ether oxygens (including phenoxy) is 1. The molecule has 3 heterocycles. The number of sulfonamides is 1.